The van der Waals surface area contributed by atoms with Crippen molar-refractivity contribution in [1.29, 1.82) is 0 Å². The third-order valence-electron chi connectivity index (χ3n) is 4.82. The highest BCUT2D eigenvalue weighted by atomic mass is 32.2. The normalized spacial score (nSPS) is 15.8. The second-order valence-electron chi connectivity index (χ2n) is 6.76. The third-order valence-corrected chi connectivity index (χ3v) is 6.24. The second kappa shape index (κ2) is 6.44. The Kier molecular flexibility index (Phi) is 4.62. The molecule has 0 spiro atoms. The van der Waals surface area contributed by atoms with Crippen molar-refractivity contribution in [2.75, 3.05) is 13.7 Å². The van der Waals surface area contributed by atoms with Crippen molar-refractivity contribution >= 4 is 10.0 Å². The van der Waals surface area contributed by atoms with Crippen LogP contribution in [-0.2, 0) is 22.9 Å². The monoisotopic (exact) mass is 361 g/mol. The molecule has 0 bridgehead atoms. The molecular formula is C19H23NO4S. The number of aryl methyl sites for hydroxylation is 2. The van der Waals surface area contributed by atoms with E-state index in [9.17, 15) is 13.5 Å². The lowest BCUT2D eigenvalue weighted by atomic mass is 10.0. The van der Waals surface area contributed by atoms with E-state index < -0.39 is 15.6 Å². The highest BCUT2D eigenvalue weighted by Crippen LogP contribution is 2.31. The van der Waals surface area contributed by atoms with Crippen LogP contribution >= 0.6 is 0 Å². The van der Waals surface area contributed by atoms with E-state index in [2.05, 4.69) is 4.72 Å². The van der Waals surface area contributed by atoms with Crippen molar-refractivity contribution in [3.05, 3.63) is 58.7 Å². The van der Waals surface area contributed by atoms with E-state index in [1.807, 2.05) is 38.1 Å². The molecule has 0 aliphatic heterocycles. The largest absolute Gasteiger partial charge is 0.495 e. The molecule has 3 rings (SSSR count). The van der Waals surface area contributed by atoms with E-state index in [0.29, 0.717) is 18.6 Å². The maximum Gasteiger partial charge on any atom is 0.244 e. The van der Waals surface area contributed by atoms with Gasteiger partial charge in [0.05, 0.1) is 12.7 Å². The van der Waals surface area contributed by atoms with E-state index in [1.54, 1.807) is 12.1 Å². The number of rotatable bonds is 5. The Morgan fingerprint density at radius 1 is 1.12 bits per heavy atom. The molecule has 134 valence electrons. The van der Waals surface area contributed by atoms with E-state index >= 15 is 0 Å². The van der Waals surface area contributed by atoms with Gasteiger partial charge in [0.15, 0.2) is 0 Å². The number of hydrogen-bond donors (Lipinski definition) is 2. The van der Waals surface area contributed by atoms with Gasteiger partial charge >= 0.3 is 0 Å². The van der Waals surface area contributed by atoms with Gasteiger partial charge in [0.1, 0.15) is 10.6 Å². The molecule has 0 radical (unpaired) electrons. The van der Waals surface area contributed by atoms with Gasteiger partial charge in [0.2, 0.25) is 10.0 Å². The lowest BCUT2D eigenvalue weighted by molar-refractivity contribution is 0.0567. The number of benzene rings is 2. The predicted octanol–water partition coefficient (Wildman–Crippen LogP) is 2.12. The Morgan fingerprint density at radius 2 is 1.68 bits per heavy atom. The van der Waals surface area contributed by atoms with Crippen LogP contribution in [0.4, 0.5) is 0 Å². The van der Waals surface area contributed by atoms with E-state index in [-0.39, 0.29) is 11.4 Å². The number of aliphatic hydroxyl groups is 1. The minimum Gasteiger partial charge on any atom is -0.495 e. The Morgan fingerprint density at radius 3 is 2.24 bits per heavy atom. The minimum absolute atomic E-state index is 0.0416. The summed E-state index contributed by atoms with van der Waals surface area (Å²) in [6.45, 7) is 3.72. The maximum atomic E-state index is 12.7. The molecule has 5 nitrogen and oxygen atoms in total. The van der Waals surface area contributed by atoms with Crippen LogP contribution in [0.25, 0.3) is 0 Å². The summed E-state index contributed by atoms with van der Waals surface area (Å²) in [5.41, 5.74) is 2.85. The Hall–Kier alpha value is -1.89. The van der Waals surface area contributed by atoms with Crippen LogP contribution in [0.1, 0.15) is 22.3 Å². The van der Waals surface area contributed by atoms with Gasteiger partial charge in [0.25, 0.3) is 0 Å². The molecule has 0 saturated heterocycles. The third kappa shape index (κ3) is 3.56. The Bertz CT molecular complexity index is 881. The molecule has 2 aromatic carbocycles. The molecule has 1 aliphatic carbocycles. The minimum atomic E-state index is -3.79. The van der Waals surface area contributed by atoms with Crippen LogP contribution in [0.15, 0.2) is 41.3 Å². The van der Waals surface area contributed by atoms with Gasteiger partial charge in [-0.2, -0.15) is 0 Å². The first-order valence-corrected chi connectivity index (χ1v) is 9.66. The zero-order valence-electron chi connectivity index (χ0n) is 14.7. The van der Waals surface area contributed by atoms with Crippen LogP contribution < -0.4 is 9.46 Å². The van der Waals surface area contributed by atoms with Crippen LogP contribution in [0.2, 0.25) is 0 Å². The molecule has 0 heterocycles. The standard InChI is InChI=1S/C19H23NO4S/c1-13-8-17(24-3)18(9-14(13)2)25(22,23)20-12-19(21)10-15-6-4-5-7-16(15)11-19/h4-9,20-21H,10-12H2,1-3H3. The number of methoxy groups -OCH3 is 1. The SMILES string of the molecule is COc1cc(C)c(C)cc1S(=O)(=O)NCC1(O)Cc2ccccc2C1. The molecule has 0 unspecified atom stereocenters. The second-order valence-corrected chi connectivity index (χ2v) is 8.49. The Labute approximate surface area is 148 Å². The van der Waals surface area contributed by atoms with Gasteiger partial charge in [-0.3, -0.25) is 0 Å². The zero-order valence-corrected chi connectivity index (χ0v) is 15.5. The summed E-state index contributed by atoms with van der Waals surface area (Å²) in [6.07, 6.45) is 0.880. The average molecular weight is 361 g/mol. The van der Waals surface area contributed by atoms with Gasteiger partial charge in [0, 0.05) is 19.4 Å². The summed E-state index contributed by atoms with van der Waals surface area (Å²) in [6, 6.07) is 11.1. The summed E-state index contributed by atoms with van der Waals surface area (Å²) in [4.78, 5) is 0.0946. The van der Waals surface area contributed by atoms with Crippen LogP contribution in [0.3, 0.4) is 0 Å². The lowest BCUT2D eigenvalue weighted by Gasteiger charge is -2.23. The molecule has 2 aromatic rings. The molecule has 0 amide bonds. The molecule has 1 aliphatic rings. The maximum absolute atomic E-state index is 12.7. The molecular weight excluding hydrogens is 338 g/mol. The van der Waals surface area contributed by atoms with Crippen molar-refractivity contribution < 1.29 is 18.3 Å². The number of nitrogens with one attached hydrogen (secondary N) is 1. The van der Waals surface area contributed by atoms with Crippen molar-refractivity contribution in [2.24, 2.45) is 0 Å². The van der Waals surface area contributed by atoms with E-state index in [1.165, 1.54) is 7.11 Å². The summed E-state index contributed by atoms with van der Waals surface area (Å²) < 4.78 is 33.3. The van der Waals surface area contributed by atoms with Crippen molar-refractivity contribution in [3.8, 4) is 5.75 Å². The highest BCUT2D eigenvalue weighted by Gasteiger charge is 2.36. The van der Waals surface area contributed by atoms with Gasteiger partial charge in [-0.1, -0.05) is 24.3 Å². The Balaban J connectivity index is 1.81. The van der Waals surface area contributed by atoms with Crippen LogP contribution in [0, 0.1) is 13.8 Å². The first-order chi connectivity index (χ1) is 11.7. The molecule has 2 N–H and O–H groups in total. The van der Waals surface area contributed by atoms with Gasteiger partial charge in [-0.05, 0) is 48.2 Å². The average Bonchev–Trinajstić information content (AvgIpc) is 2.92. The topological polar surface area (TPSA) is 75.6 Å². The van der Waals surface area contributed by atoms with Crippen molar-refractivity contribution in [2.45, 2.75) is 37.2 Å². The number of sulfonamides is 1. The van der Waals surface area contributed by atoms with Gasteiger partial charge in [-0.15, -0.1) is 0 Å². The van der Waals surface area contributed by atoms with E-state index in [0.717, 1.165) is 22.3 Å². The molecule has 0 aromatic heterocycles. The summed E-state index contributed by atoms with van der Waals surface area (Å²) >= 11 is 0. The molecule has 0 saturated carbocycles. The quantitative estimate of drug-likeness (QED) is 0.855. The highest BCUT2D eigenvalue weighted by molar-refractivity contribution is 7.89. The molecule has 6 heteroatoms. The number of hydrogen-bond acceptors (Lipinski definition) is 4. The van der Waals surface area contributed by atoms with E-state index in [4.69, 9.17) is 4.74 Å². The smallest absolute Gasteiger partial charge is 0.244 e. The van der Waals surface area contributed by atoms with Crippen molar-refractivity contribution in [1.82, 2.24) is 4.72 Å². The van der Waals surface area contributed by atoms with Gasteiger partial charge in [-0.25, -0.2) is 13.1 Å². The number of fused-ring (bicyclic) bond motifs is 1. The molecule has 0 atom stereocenters. The first-order valence-electron chi connectivity index (χ1n) is 8.18. The number of ether oxygens (including phenoxy) is 1. The fourth-order valence-electron chi connectivity index (χ4n) is 3.24. The zero-order chi connectivity index (χ0) is 18.2. The lowest BCUT2D eigenvalue weighted by Crippen LogP contribution is -2.43. The fraction of sp³-hybridized carbons (Fsp3) is 0.368. The first kappa shape index (κ1) is 17.9. The van der Waals surface area contributed by atoms with Crippen LogP contribution in [0.5, 0.6) is 5.75 Å². The molecule has 0 fully saturated rings. The van der Waals surface area contributed by atoms with Gasteiger partial charge < -0.3 is 9.84 Å². The predicted molar refractivity (Wildman–Crippen MR) is 96.5 cm³/mol. The van der Waals surface area contributed by atoms with Crippen molar-refractivity contribution in [3.63, 3.8) is 0 Å². The van der Waals surface area contributed by atoms with Crippen LogP contribution in [-0.4, -0.2) is 32.8 Å². The summed E-state index contributed by atoms with van der Waals surface area (Å²) in [5.74, 6) is 0.303. The summed E-state index contributed by atoms with van der Waals surface area (Å²) in [7, 11) is -2.34. The fourth-order valence-corrected chi connectivity index (χ4v) is 4.59. The molecule has 25 heavy (non-hydrogen) atoms. The summed E-state index contributed by atoms with van der Waals surface area (Å²) in [5, 5.41) is 10.8.